The second kappa shape index (κ2) is 4.29. The Morgan fingerprint density at radius 1 is 1.35 bits per heavy atom. The molecule has 0 atom stereocenters. The van der Waals surface area contributed by atoms with Gasteiger partial charge in [0, 0.05) is 7.05 Å². The van der Waals surface area contributed by atoms with Gasteiger partial charge in [-0.05, 0) is 23.8 Å². The molecule has 0 aliphatic carbocycles. The molecular weight excluding hydrogens is 218 g/mol. The standard InChI is InChI=1S/C12H13N3O2/c1-15-11(16)10(14-12(15)13)7-8-3-5-9(17-2)6-4-8/h3-7H,1-2H3,(H2,13,14)/b10-7+. The number of guanidine groups is 1. The van der Waals surface area contributed by atoms with Crippen molar-refractivity contribution in [3.63, 3.8) is 0 Å². The van der Waals surface area contributed by atoms with Crippen molar-refractivity contribution in [2.45, 2.75) is 0 Å². The summed E-state index contributed by atoms with van der Waals surface area (Å²) in [5.74, 6) is 0.790. The van der Waals surface area contributed by atoms with Crippen LogP contribution in [0.25, 0.3) is 6.08 Å². The molecule has 1 aromatic rings. The number of carbonyl (C=O) groups excluding carboxylic acids is 1. The lowest BCUT2D eigenvalue weighted by Crippen LogP contribution is -2.33. The summed E-state index contributed by atoms with van der Waals surface area (Å²) in [6, 6.07) is 7.34. The third-order valence-electron chi connectivity index (χ3n) is 2.52. The summed E-state index contributed by atoms with van der Waals surface area (Å²) in [6.07, 6.45) is 1.69. The summed E-state index contributed by atoms with van der Waals surface area (Å²) in [7, 11) is 3.20. The molecule has 0 saturated heterocycles. The van der Waals surface area contributed by atoms with Crippen LogP contribution in [0.1, 0.15) is 5.56 Å². The monoisotopic (exact) mass is 231 g/mol. The van der Waals surface area contributed by atoms with Gasteiger partial charge in [-0.3, -0.25) is 9.69 Å². The lowest BCUT2D eigenvalue weighted by molar-refractivity contribution is -0.121. The van der Waals surface area contributed by atoms with E-state index in [1.165, 1.54) is 4.90 Å². The van der Waals surface area contributed by atoms with Crippen molar-refractivity contribution in [1.29, 1.82) is 0 Å². The van der Waals surface area contributed by atoms with Crippen molar-refractivity contribution in [1.82, 2.24) is 4.90 Å². The van der Waals surface area contributed by atoms with Crippen LogP contribution in [0.3, 0.4) is 0 Å². The first-order valence-corrected chi connectivity index (χ1v) is 5.10. The number of rotatable bonds is 2. The van der Waals surface area contributed by atoms with Crippen LogP contribution in [0.4, 0.5) is 0 Å². The van der Waals surface area contributed by atoms with E-state index in [1.807, 2.05) is 24.3 Å². The van der Waals surface area contributed by atoms with Gasteiger partial charge in [0.1, 0.15) is 11.4 Å². The molecule has 1 heterocycles. The molecule has 1 aromatic carbocycles. The van der Waals surface area contributed by atoms with E-state index in [0.29, 0.717) is 5.70 Å². The number of nitrogens with two attached hydrogens (primary N) is 1. The molecule has 5 heteroatoms. The van der Waals surface area contributed by atoms with Crippen LogP contribution in [0.5, 0.6) is 5.75 Å². The smallest absolute Gasteiger partial charge is 0.279 e. The summed E-state index contributed by atoms with van der Waals surface area (Å²) in [5, 5.41) is 0. The van der Waals surface area contributed by atoms with Crippen LogP contribution in [0.2, 0.25) is 0 Å². The molecule has 2 rings (SSSR count). The van der Waals surface area contributed by atoms with E-state index in [1.54, 1.807) is 20.2 Å². The SMILES string of the molecule is COc1ccc(/C=C2/N=C(N)N(C)C2=O)cc1. The van der Waals surface area contributed by atoms with Gasteiger partial charge >= 0.3 is 0 Å². The minimum Gasteiger partial charge on any atom is -0.497 e. The Morgan fingerprint density at radius 2 is 2.00 bits per heavy atom. The van der Waals surface area contributed by atoms with Crippen LogP contribution in [0, 0.1) is 0 Å². The fourth-order valence-electron chi connectivity index (χ4n) is 1.47. The minimum atomic E-state index is -0.196. The zero-order valence-electron chi connectivity index (χ0n) is 9.68. The number of ether oxygens (including phenoxy) is 1. The molecule has 88 valence electrons. The molecule has 0 aromatic heterocycles. The van der Waals surface area contributed by atoms with E-state index < -0.39 is 0 Å². The second-order valence-electron chi connectivity index (χ2n) is 3.64. The number of hydrogen-bond donors (Lipinski definition) is 1. The van der Waals surface area contributed by atoms with E-state index in [4.69, 9.17) is 10.5 Å². The molecule has 0 bridgehead atoms. The molecule has 0 radical (unpaired) electrons. The quantitative estimate of drug-likeness (QED) is 0.766. The molecule has 0 saturated carbocycles. The highest BCUT2D eigenvalue weighted by Crippen LogP contribution is 2.17. The Morgan fingerprint density at radius 3 is 2.47 bits per heavy atom. The largest absolute Gasteiger partial charge is 0.497 e. The summed E-state index contributed by atoms with van der Waals surface area (Å²) in [6.45, 7) is 0. The first-order chi connectivity index (χ1) is 8.11. The van der Waals surface area contributed by atoms with Crippen LogP contribution < -0.4 is 10.5 Å². The average Bonchev–Trinajstić information content (AvgIpc) is 2.58. The number of methoxy groups -OCH3 is 1. The summed E-state index contributed by atoms with van der Waals surface area (Å²) >= 11 is 0. The van der Waals surface area contributed by atoms with Gasteiger partial charge in [0.25, 0.3) is 5.91 Å². The summed E-state index contributed by atoms with van der Waals surface area (Å²) in [5.41, 5.74) is 6.77. The first-order valence-electron chi connectivity index (χ1n) is 5.10. The number of benzene rings is 1. The van der Waals surface area contributed by atoms with Gasteiger partial charge in [0.15, 0.2) is 0 Å². The number of carbonyl (C=O) groups is 1. The Hall–Kier alpha value is -2.30. The topological polar surface area (TPSA) is 67.9 Å². The molecule has 2 N–H and O–H groups in total. The predicted molar refractivity (Wildman–Crippen MR) is 65.4 cm³/mol. The molecule has 1 aliphatic rings. The molecule has 1 amide bonds. The molecule has 0 unspecified atom stereocenters. The number of amides is 1. The maximum Gasteiger partial charge on any atom is 0.279 e. The minimum absolute atomic E-state index is 0.196. The Labute approximate surface area is 99.2 Å². The summed E-state index contributed by atoms with van der Waals surface area (Å²) in [4.78, 5) is 17.0. The lowest BCUT2D eigenvalue weighted by Gasteiger charge is -2.05. The van der Waals surface area contributed by atoms with Crippen molar-refractivity contribution in [3.8, 4) is 5.75 Å². The zero-order valence-corrected chi connectivity index (χ0v) is 9.68. The van der Waals surface area contributed by atoms with Crippen LogP contribution in [0.15, 0.2) is 35.0 Å². The Kier molecular flexibility index (Phi) is 2.82. The zero-order chi connectivity index (χ0) is 12.4. The van der Waals surface area contributed by atoms with Gasteiger partial charge in [-0.2, -0.15) is 0 Å². The Balaban J connectivity index is 2.28. The number of likely N-dealkylation sites (N-methyl/N-ethyl adjacent to an activating group) is 1. The maximum absolute atomic E-state index is 11.7. The van der Waals surface area contributed by atoms with E-state index in [-0.39, 0.29) is 11.9 Å². The predicted octanol–water partition coefficient (Wildman–Crippen LogP) is 0.823. The van der Waals surface area contributed by atoms with Crippen molar-refractivity contribution in [3.05, 3.63) is 35.5 Å². The third kappa shape index (κ3) is 2.13. The van der Waals surface area contributed by atoms with E-state index in [0.717, 1.165) is 11.3 Å². The van der Waals surface area contributed by atoms with Gasteiger partial charge in [-0.15, -0.1) is 0 Å². The highest BCUT2D eigenvalue weighted by atomic mass is 16.5. The van der Waals surface area contributed by atoms with Crippen molar-refractivity contribution >= 4 is 17.9 Å². The molecular formula is C12H13N3O2. The third-order valence-corrected chi connectivity index (χ3v) is 2.52. The van der Waals surface area contributed by atoms with Crippen molar-refractivity contribution in [2.75, 3.05) is 14.2 Å². The Bertz CT molecular complexity index is 503. The van der Waals surface area contributed by atoms with E-state index >= 15 is 0 Å². The average molecular weight is 231 g/mol. The molecule has 17 heavy (non-hydrogen) atoms. The molecule has 0 spiro atoms. The lowest BCUT2D eigenvalue weighted by atomic mass is 10.2. The van der Waals surface area contributed by atoms with E-state index in [2.05, 4.69) is 4.99 Å². The van der Waals surface area contributed by atoms with Gasteiger partial charge in [0.2, 0.25) is 5.96 Å². The molecule has 5 nitrogen and oxygen atoms in total. The van der Waals surface area contributed by atoms with Crippen LogP contribution >= 0.6 is 0 Å². The van der Waals surface area contributed by atoms with Gasteiger partial charge in [-0.1, -0.05) is 12.1 Å². The van der Waals surface area contributed by atoms with Gasteiger partial charge in [-0.25, -0.2) is 4.99 Å². The second-order valence-corrected chi connectivity index (χ2v) is 3.64. The first kappa shape index (κ1) is 11.2. The molecule has 0 fully saturated rings. The van der Waals surface area contributed by atoms with Gasteiger partial charge in [0.05, 0.1) is 7.11 Å². The molecule has 1 aliphatic heterocycles. The number of aliphatic imine (C=N–C) groups is 1. The highest BCUT2D eigenvalue weighted by molar-refractivity contribution is 6.12. The van der Waals surface area contributed by atoms with Crippen molar-refractivity contribution in [2.24, 2.45) is 10.7 Å². The fraction of sp³-hybridized carbons (Fsp3) is 0.167. The van der Waals surface area contributed by atoms with E-state index in [9.17, 15) is 4.79 Å². The number of hydrogen-bond acceptors (Lipinski definition) is 4. The van der Waals surface area contributed by atoms with Crippen molar-refractivity contribution < 1.29 is 9.53 Å². The van der Waals surface area contributed by atoms with Crippen LogP contribution in [-0.4, -0.2) is 30.9 Å². The van der Waals surface area contributed by atoms with Crippen LogP contribution in [-0.2, 0) is 4.79 Å². The normalized spacial score (nSPS) is 17.5. The summed E-state index contributed by atoms with van der Waals surface area (Å²) < 4.78 is 5.05. The van der Waals surface area contributed by atoms with Gasteiger partial charge < -0.3 is 10.5 Å². The fourth-order valence-corrected chi connectivity index (χ4v) is 1.47. The highest BCUT2D eigenvalue weighted by Gasteiger charge is 2.24. The maximum atomic E-state index is 11.7. The number of nitrogens with zero attached hydrogens (tertiary/aromatic N) is 2.